The third-order valence-electron chi connectivity index (χ3n) is 4.69. The van der Waals surface area contributed by atoms with Gasteiger partial charge >= 0.3 is 6.03 Å². The summed E-state index contributed by atoms with van der Waals surface area (Å²) in [5.41, 5.74) is 0.785. The van der Waals surface area contributed by atoms with Crippen LogP contribution in [0, 0.1) is 12.8 Å². The third-order valence-corrected chi connectivity index (χ3v) is 4.69. The normalized spacial score (nSPS) is 23.8. The summed E-state index contributed by atoms with van der Waals surface area (Å²) in [6.45, 7) is 3.93. The molecule has 3 fully saturated rings. The van der Waals surface area contributed by atoms with Crippen LogP contribution in [0.2, 0.25) is 0 Å². The van der Waals surface area contributed by atoms with E-state index in [-0.39, 0.29) is 24.4 Å². The van der Waals surface area contributed by atoms with Gasteiger partial charge in [0.05, 0.1) is 12.1 Å². The molecule has 1 aromatic rings. The quantitative estimate of drug-likeness (QED) is 0.819. The summed E-state index contributed by atoms with van der Waals surface area (Å²) in [5.74, 6) is 1.03. The number of nitrogens with zero attached hydrogens (tertiary/aromatic N) is 4. The molecule has 3 amide bonds. The Morgan fingerprint density at radius 3 is 2.74 bits per heavy atom. The second-order valence-corrected chi connectivity index (χ2v) is 6.84. The number of rotatable bonds is 2. The molecule has 0 spiro atoms. The maximum absolute atomic E-state index is 12.7. The molecule has 3 aliphatic heterocycles. The monoisotopic (exact) mass is 320 g/mol. The molecule has 7 heteroatoms. The highest BCUT2D eigenvalue weighted by atomic mass is 16.5. The van der Waals surface area contributed by atoms with Crippen LogP contribution in [0.25, 0.3) is 0 Å². The molecule has 4 heterocycles. The Morgan fingerprint density at radius 2 is 2.09 bits per heavy atom. The molecule has 0 unspecified atom stereocenters. The Kier molecular flexibility index (Phi) is 4.28. The lowest BCUT2D eigenvalue weighted by Gasteiger charge is -2.36. The van der Waals surface area contributed by atoms with Crippen LogP contribution in [0.5, 0.6) is 0 Å². The van der Waals surface area contributed by atoms with Gasteiger partial charge in [-0.3, -0.25) is 4.79 Å². The van der Waals surface area contributed by atoms with Gasteiger partial charge in [0.25, 0.3) is 0 Å². The molecule has 23 heavy (non-hydrogen) atoms. The Balaban J connectivity index is 1.70. The molecular weight excluding hydrogens is 296 g/mol. The van der Waals surface area contributed by atoms with Gasteiger partial charge in [0, 0.05) is 45.8 Å². The topological polar surface area (TPSA) is 69.9 Å². The second kappa shape index (κ2) is 6.22. The van der Waals surface area contributed by atoms with Crippen molar-refractivity contribution >= 4 is 11.9 Å². The summed E-state index contributed by atoms with van der Waals surface area (Å²) in [5, 5.41) is 3.83. The minimum Gasteiger partial charge on any atom is -0.361 e. The Hall–Kier alpha value is -2.05. The van der Waals surface area contributed by atoms with E-state index in [0.29, 0.717) is 18.2 Å². The van der Waals surface area contributed by atoms with Crippen LogP contribution in [-0.4, -0.2) is 71.6 Å². The van der Waals surface area contributed by atoms with Crippen molar-refractivity contribution in [2.24, 2.45) is 5.92 Å². The molecule has 0 saturated carbocycles. The van der Waals surface area contributed by atoms with Crippen LogP contribution in [0.3, 0.4) is 0 Å². The summed E-state index contributed by atoms with van der Waals surface area (Å²) >= 11 is 0. The molecule has 0 N–H and O–H groups in total. The van der Waals surface area contributed by atoms with Crippen LogP contribution < -0.4 is 0 Å². The maximum Gasteiger partial charge on any atom is 0.319 e. The first-order valence-electron chi connectivity index (χ1n) is 8.12. The van der Waals surface area contributed by atoms with Crippen molar-refractivity contribution in [2.45, 2.75) is 32.2 Å². The SMILES string of the molecule is Cc1cc(CC(=O)N2C[C@H]3CC[C@@H]2CN(C(=O)N(C)C)C3)on1. The highest BCUT2D eigenvalue weighted by molar-refractivity contribution is 5.79. The molecular formula is C16H24N4O3. The third kappa shape index (κ3) is 3.33. The van der Waals surface area contributed by atoms with Crippen molar-refractivity contribution in [3.8, 4) is 0 Å². The van der Waals surface area contributed by atoms with Crippen molar-refractivity contribution in [3.63, 3.8) is 0 Å². The van der Waals surface area contributed by atoms with Crippen LogP contribution in [0.1, 0.15) is 24.3 Å². The predicted molar refractivity (Wildman–Crippen MR) is 83.8 cm³/mol. The van der Waals surface area contributed by atoms with Gasteiger partial charge in [-0.15, -0.1) is 0 Å². The van der Waals surface area contributed by atoms with Crippen molar-refractivity contribution in [2.75, 3.05) is 33.7 Å². The fourth-order valence-electron chi connectivity index (χ4n) is 3.58. The highest BCUT2D eigenvalue weighted by Gasteiger charge is 2.39. The number of carbonyl (C=O) groups is 2. The van der Waals surface area contributed by atoms with E-state index in [2.05, 4.69) is 5.16 Å². The Morgan fingerprint density at radius 1 is 1.30 bits per heavy atom. The number of carbonyl (C=O) groups excluding carboxylic acids is 2. The van der Waals surface area contributed by atoms with Gasteiger partial charge in [-0.05, 0) is 25.7 Å². The average molecular weight is 320 g/mol. The molecule has 4 rings (SSSR count). The number of piperidine rings is 1. The number of aromatic nitrogens is 1. The molecule has 7 nitrogen and oxygen atoms in total. The molecule has 0 radical (unpaired) electrons. The average Bonchev–Trinajstić information content (AvgIpc) is 2.74. The van der Waals surface area contributed by atoms with Crippen LogP contribution >= 0.6 is 0 Å². The lowest BCUT2D eigenvalue weighted by Crippen LogP contribution is -2.48. The zero-order valence-corrected chi connectivity index (χ0v) is 14.0. The number of amides is 3. The summed E-state index contributed by atoms with van der Waals surface area (Å²) in [7, 11) is 3.54. The molecule has 0 aromatic carbocycles. The Bertz CT molecular complexity index is 598. The minimum atomic E-state index is 0.0297. The van der Waals surface area contributed by atoms with Crippen molar-refractivity contribution in [1.29, 1.82) is 0 Å². The first-order chi connectivity index (χ1) is 10.9. The second-order valence-electron chi connectivity index (χ2n) is 6.84. The lowest BCUT2D eigenvalue weighted by atomic mass is 9.94. The van der Waals surface area contributed by atoms with Gasteiger partial charge < -0.3 is 19.2 Å². The van der Waals surface area contributed by atoms with E-state index in [4.69, 9.17) is 4.52 Å². The fourth-order valence-corrected chi connectivity index (χ4v) is 3.58. The predicted octanol–water partition coefficient (Wildman–Crippen LogP) is 1.13. The van der Waals surface area contributed by atoms with Gasteiger partial charge in [-0.2, -0.15) is 0 Å². The summed E-state index contributed by atoms with van der Waals surface area (Å²) < 4.78 is 5.16. The van der Waals surface area contributed by atoms with Crippen LogP contribution in [0.4, 0.5) is 4.79 Å². The van der Waals surface area contributed by atoms with E-state index in [1.807, 2.05) is 16.7 Å². The zero-order valence-electron chi connectivity index (χ0n) is 14.0. The van der Waals surface area contributed by atoms with Gasteiger partial charge in [0.15, 0.2) is 0 Å². The first kappa shape index (κ1) is 15.8. The molecule has 0 aliphatic carbocycles. The number of urea groups is 1. The van der Waals surface area contributed by atoms with Gasteiger partial charge in [-0.25, -0.2) is 4.79 Å². The molecule has 3 saturated heterocycles. The van der Waals surface area contributed by atoms with Gasteiger partial charge in [0.1, 0.15) is 5.76 Å². The van der Waals surface area contributed by atoms with E-state index < -0.39 is 0 Å². The minimum absolute atomic E-state index is 0.0297. The lowest BCUT2D eigenvalue weighted by molar-refractivity contribution is -0.134. The zero-order chi connectivity index (χ0) is 16.6. The van der Waals surface area contributed by atoms with E-state index >= 15 is 0 Å². The largest absolute Gasteiger partial charge is 0.361 e. The van der Waals surface area contributed by atoms with Gasteiger partial charge in [-0.1, -0.05) is 5.16 Å². The Labute approximate surface area is 136 Å². The molecule has 2 bridgehead atoms. The molecule has 2 atom stereocenters. The smallest absolute Gasteiger partial charge is 0.319 e. The van der Waals surface area contributed by atoms with Crippen molar-refractivity contribution in [1.82, 2.24) is 19.9 Å². The van der Waals surface area contributed by atoms with Gasteiger partial charge in [0.2, 0.25) is 5.91 Å². The molecule has 126 valence electrons. The summed E-state index contributed by atoms with van der Waals surface area (Å²) in [6, 6.07) is 1.94. The highest BCUT2D eigenvalue weighted by Crippen LogP contribution is 2.29. The molecule has 1 aromatic heterocycles. The number of hydrogen-bond acceptors (Lipinski definition) is 4. The van der Waals surface area contributed by atoms with E-state index in [0.717, 1.165) is 31.6 Å². The first-order valence-corrected chi connectivity index (χ1v) is 8.12. The number of aryl methyl sites for hydroxylation is 1. The maximum atomic E-state index is 12.7. The van der Waals surface area contributed by atoms with E-state index in [9.17, 15) is 9.59 Å². The number of fused-ring (bicyclic) bond motifs is 4. The van der Waals surface area contributed by atoms with E-state index in [1.165, 1.54) is 0 Å². The molecule has 3 aliphatic rings. The standard InChI is InChI=1S/C16H24N4O3/c1-11-6-14(23-17-11)7-15(21)20-9-12-4-5-13(20)10-19(8-12)16(22)18(2)3/h6,12-13H,4-5,7-10H2,1-3H3/t12-,13+/m0/s1. The van der Waals surface area contributed by atoms with E-state index in [1.54, 1.807) is 25.1 Å². The van der Waals surface area contributed by atoms with Crippen molar-refractivity contribution in [3.05, 3.63) is 17.5 Å². The number of hydrogen-bond donors (Lipinski definition) is 0. The summed E-state index contributed by atoms with van der Waals surface area (Å²) in [4.78, 5) is 30.3. The summed E-state index contributed by atoms with van der Waals surface area (Å²) in [6.07, 6.45) is 2.28. The van der Waals surface area contributed by atoms with Crippen molar-refractivity contribution < 1.29 is 14.1 Å². The fraction of sp³-hybridized carbons (Fsp3) is 0.688. The van der Waals surface area contributed by atoms with Crippen LogP contribution in [-0.2, 0) is 11.2 Å². The van der Waals surface area contributed by atoms with Crippen LogP contribution in [0.15, 0.2) is 10.6 Å².